The molecule has 0 aliphatic heterocycles. The molecule has 0 heterocycles. The lowest BCUT2D eigenvalue weighted by molar-refractivity contribution is 0.186. The molecule has 4 nitrogen and oxygen atoms in total. The van der Waals surface area contributed by atoms with Gasteiger partial charge in [-0.2, -0.15) is 0 Å². The summed E-state index contributed by atoms with van der Waals surface area (Å²) in [4.78, 5) is 0.0597. The van der Waals surface area contributed by atoms with Gasteiger partial charge in [0.05, 0.1) is 11.0 Å². The fraction of sp³-hybridized carbons (Fsp3) is 0.455. The molecule has 0 amide bonds. The van der Waals surface area contributed by atoms with Crippen molar-refractivity contribution < 1.29 is 17.9 Å². The molecule has 0 saturated carbocycles. The van der Waals surface area contributed by atoms with Crippen LogP contribution in [0.15, 0.2) is 23.1 Å². The fourth-order valence-corrected chi connectivity index (χ4v) is 2.67. The van der Waals surface area contributed by atoms with Gasteiger partial charge in [-0.3, -0.25) is 0 Å². The van der Waals surface area contributed by atoms with Crippen LogP contribution in [0.1, 0.15) is 18.9 Å². The average molecular weight is 261 g/mol. The molecule has 2 N–H and O–H groups in total. The Hall–Kier alpha value is -0.980. The zero-order chi connectivity index (χ0) is 13.1. The van der Waals surface area contributed by atoms with Gasteiger partial charge in [0.2, 0.25) is 10.0 Å². The van der Waals surface area contributed by atoms with Gasteiger partial charge in [-0.05, 0) is 44.0 Å². The van der Waals surface area contributed by atoms with Crippen molar-refractivity contribution in [2.45, 2.75) is 31.3 Å². The molecule has 0 spiro atoms. The standard InChI is InChI=1S/C11H16FNO3S/c1-8-7-10(12)3-4-11(8)17(15,16)13-6-5-9(2)14/h3-4,7,9,13-14H,5-6H2,1-2H3. The van der Waals surface area contributed by atoms with E-state index in [2.05, 4.69) is 4.72 Å². The van der Waals surface area contributed by atoms with Crippen molar-refractivity contribution in [3.63, 3.8) is 0 Å². The summed E-state index contributed by atoms with van der Waals surface area (Å²) in [7, 11) is -3.63. The van der Waals surface area contributed by atoms with Crippen LogP contribution in [0.25, 0.3) is 0 Å². The normalized spacial score (nSPS) is 13.6. The summed E-state index contributed by atoms with van der Waals surface area (Å²) in [5.41, 5.74) is 0.356. The number of aryl methyl sites for hydroxylation is 1. The monoisotopic (exact) mass is 261 g/mol. The van der Waals surface area contributed by atoms with Crippen LogP contribution in [-0.2, 0) is 10.0 Å². The van der Waals surface area contributed by atoms with Gasteiger partial charge < -0.3 is 5.11 Å². The Bertz CT molecular complexity index is 485. The predicted octanol–water partition coefficient (Wildman–Crippen LogP) is 1.18. The summed E-state index contributed by atoms with van der Waals surface area (Å²) in [5.74, 6) is -0.467. The topological polar surface area (TPSA) is 66.4 Å². The van der Waals surface area contributed by atoms with Crippen molar-refractivity contribution in [1.82, 2.24) is 4.72 Å². The highest BCUT2D eigenvalue weighted by molar-refractivity contribution is 7.89. The molecule has 0 saturated heterocycles. The molecule has 1 rings (SSSR count). The van der Waals surface area contributed by atoms with E-state index in [1.807, 2.05) is 0 Å². The van der Waals surface area contributed by atoms with E-state index in [9.17, 15) is 12.8 Å². The van der Waals surface area contributed by atoms with Crippen LogP contribution in [0, 0.1) is 12.7 Å². The van der Waals surface area contributed by atoms with Gasteiger partial charge in [0.25, 0.3) is 0 Å². The lowest BCUT2D eigenvalue weighted by Gasteiger charge is -2.10. The molecule has 1 unspecified atom stereocenters. The Morgan fingerprint density at radius 1 is 1.47 bits per heavy atom. The highest BCUT2D eigenvalue weighted by atomic mass is 32.2. The third-order valence-electron chi connectivity index (χ3n) is 2.28. The molecule has 0 fully saturated rings. The highest BCUT2D eigenvalue weighted by Crippen LogP contribution is 2.15. The van der Waals surface area contributed by atoms with Crippen molar-refractivity contribution in [3.8, 4) is 0 Å². The van der Waals surface area contributed by atoms with E-state index in [0.29, 0.717) is 12.0 Å². The summed E-state index contributed by atoms with van der Waals surface area (Å²) in [6.45, 7) is 3.26. The Kier molecular flexibility index (Phi) is 4.62. The van der Waals surface area contributed by atoms with Crippen molar-refractivity contribution in [2.75, 3.05) is 6.54 Å². The molecule has 0 bridgehead atoms. The van der Waals surface area contributed by atoms with Crippen LogP contribution in [0.5, 0.6) is 0 Å². The first-order chi connectivity index (χ1) is 7.83. The summed E-state index contributed by atoms with van der Waals surface area (Å²) in [5, 5.41) is 9.03. The first kappa shape index (κ1) is 14.1. The Morgan fingerprint density at radius 3 is 2.65 bits per heavy atom. The third kappa shape index (κ3) is 4.07. The van der Waals surface area contributed by atoms with Crippen LogP contribution < -0.4 is 4.72 Å². The summed E-state index contributed by atoms with van der Waals surface area (Å²) < 4.78 is 38.9. The predicted molar refractivity (Wildman–Crippen MR) is 62.6 cm³/mol. The van der Waals surface area contributed by atoms with E-state index in [1.165, 1.54) is 19.1 Å². The lowest BCUT2D eigenvalue weighted by atomic mass is 10.2. The van der Waals surface area contributed by atoms with E-state index in [0.717, 1.165) is 6.07 Å². The Balaban J connectivity index is 2.83. The van der Waals surface area contributed by atoms with E-state index >= 15 is 0 Å². The maximum Gasteiger partial charge on any atom is 0.240 e. The second-order valence-electron chi connectivity index (χ2n) is 3.95. The number of benzene rings is 1. The molecule has 0 aromatic heterocycles. The second-order valence-corrected chi connectivity index (χ2v) is 5.68. The first-order valence-corrected chi connectivity index (χ1v) is 6.75. The molecule has 6 heteroatoms. The van der Waals surface area contributed by atoms with E-state index in [-0.39, 0.29) is 11.4 Å². The van der Waals surface area contributed by atoms with Crippen LogP contribution in [0.2, 0.25) is 0 Å². The fourth-order valence-electron chi connectivity index (χ4n) is 1.39. The number of nitrogens with one attached hydrogen (secondary N) is 1. The molecule has 1 atom stereocenters. The minimum absolute atomic E-state index is 0.0597. The summed E-state index contributed by atoms with van der Waals surface area (Å²) >= 11 is 0. The number of rotatable bonds is 5. The Morgan fingerprint density at radius 2 is 2.12 bits per heavy atom. The number of hydrogen-bond donors (Lipinski definition) is 2. The molecule has 17 heavy (non-hydrogen) atoms. The third-order valence-corrected chi connectivity index (χ3v) is 3.90. The first-order valence-electron chi connectivity index (χ1n) is 5.27. The van der Waals surface area contributed by atoms with Gasteiger partial charge in [-0.25, -0.2) is 17.5 Å². The Labute approximate surface area is 101 Å². The van der Waals surface area contributed by atoms with E-state index < -0.39 is 21.9 Å². The quantitative estimate of drug-likeness (QED) is 0.836. The minimum atomic E-state index is -3.63. The minimum Gasteiger partial charge on any atom is -0.393 e. The van der Waals surface area contributed by atoms with Crippen molar-refractivity contribution in [2.24, 2.45) is 0 Å². The van der Waals surface area contributed by atoms with Crippen LogP contribution in [-0.4, -0.2) is 26.2 Å². The van der Waals surface area contributed by atoms with Crippen molar-refractivity contribution in [1.29, 1.82) is 0 Å². The second kappa shape index (κ2) is 5.57. The smallest absolute Gasteiger partial charge is 0.240 e. The zero-order valence-electron chi connectivity index (χ0n) is 9.77. The molecule has 0 aliphatic carbocycles. The van der Waals surface area contributed by atoms with Gasteiger partial charge in [0, 0.05) is 6.54 Å². The van der Waals surface area contributed by atoms with Crippen LogP contribution in [0.3, 0.4) is 0 Å². The van der Waals surface area contributed by atoms with Crippen molar-refractivity contribution >= 4 is 10.0 Å². The number of sulfonamides is 1. The van der Waals surface area contributed by atoms with Gasteiger partial charge in [-0.1, -0.05) is 0 Å². The SMILES string of the molecule is Cc1cc(F)ccc1S(=O)(=O)NCCC(C)O. The van der Waals surface area contributed by atoms with Gasteiger partial charge in [0.1, 0.15) is 5.82 Å². The molecule has 96 valence electrons. The van der Waals surface area contributed by atoms with Crippen LogP contribution in [0.4, 0.5) is 4.39 Å². The van der Waals surface area contributed by atoms with Gasteiger partial charge in [0.15, 0.2) is 0 Å². The molecular weight excluding hydrogens is 245 g/mol. The van der Waals surface area contributed by atoms with Gasteiger partial charge in [-0.15, -0.1) is 0 Å². The molecule has 1 aromatic rings. The maximum absolute atomic E-state index is 12.8. The number of hydrogen-bond acceptors (Lipinski definition) is 3. The summed E-state index contributed by atoms with van der Waals surface area (Å²) in [6, 6.07) is 3.51. The lowest BCUT2D eigenvalue weighted by Crippen LogP contribution is -2.27. The molecular formula is C11H16FNO3S. The van der Waals surface area contributed by atoms with E-state index in [1.54, 1.807) is 6.92 Å². The molecule has 0 radical (unpaired) electrons. The number of aliphatic hydroxyl groups excluding tert-OH is 1. The number of aliphatic hydroxyl groups is 1. The van der Waals surface area contributed by atoms with E-state index in [4.69, 9.17) is 5.11 Å². The van der Waals surface area contributed by atoms with Crippen molar-refractivity contribution in [3.05, 3.63) is 29.6 Å². The molecule has 0 aliphatic rings. The average Bonchev–Trinajstić information content (AvgIpc) is 2.15. The number of halogens is 1. The van der Waals surface area contributed by atoms with Gasteiger partial charge >= 0.3 is 0 Å². The summed E-state index contributed by atoms with van der Waals surface area (Å²) in [6.07, 6.45) is -0.230. The molecule has 1 aromatic carbocycles. The largest absolute Gasteiger partial charge is 0.393 e. The van der Waals surface area contributed by atoms with Crippen LogP contribution >= 0.6 is 0 Å². The highest BCUT2D eigenvalue weighted by Gasteiger charge is 2.16. The maximum atomic E-state index is 12.8. The zero-order valence-corrected chi connectivity index (χ0v) is 10.6.